The zero-order valence-electron chi connectivity index (χ0n) is 16.0. The number of ether oxygens (including phenoxy) is 1. The molecule has 0 unspecified atom stereocenters. The van der Waals surface area contributed by atoms with E-state index >= 15 is 0 Å². The first kappa shape index (κ1) is 22.5. The number of hydrogen-bond donors (Lipinski definition) is 2. The lowest BCUT2D eigenvalue weighted by atomic mass is 10.1. The van der Waals surface area contributed by atoms with Crippen molar-refractivity contribution in [2.75, 3.05) is 45.9 Å². The number of piperazine rings is 1. The van der Waals surface area contributed by atoms with Gasteiger partial charge in [-0.05, 0) is 39.2 Å². The third kappa shape index (κ3) is 6.65. The predicted molar refractivity (Wildman–Crippen MR) is 113 cm³/mol. The Hall–Kier alpha value is -1.52. The maximum atomic E-state index is 11.8. The highest BCUT2D eigenvalue weighted by Crippen LogP contribution is 2.07. The molecule has 2 heterocycles. The van der Waals surface area contributed by atoms with E-state index in [4.69, 9.17) is 9.73 Å². The molecule has 0 aliphatic carbocycles. The van der Waals surface area contributed by atoms with Crippen molar-refractivity contribution in [3.05, 3.63) is 17.5 Å². The van der Waals surface area contributed by atoms with Crippen molar-refractivity contribution in [1.29, 1.82) is 0 Å². The zero-order chi connectivity index (χ0) is 18.1. The number of aryl methyl sites for hydroxylation is 2. The Labute approximate surface area is 172 Å². The van der Waals surface area contributed by atoms with Gasteiger partial charge < -0.3 is 19.9 Å². The molecule has 1 aliphatic rings. The molecule has 148 valence electrons. The lowest BCUT2D eigenvalue weighted by molar-refractivity contribution is 0.0914. The van der Waals surface area contributed by atoms with Gasteiger partial charge in [0.2, 0.25) is 0 Å². The van der Waals surface area contributed by atoms with Crippen LogP contribution in [0.5, 0.6) is 0 Å². The average Bonchev–Trinajstić information content (AvgIpc) is 3.03. The van der Waals surface area contributed by atoms with E-state index in [1.807, 2.05) is 20.0 Å². The second-order valence-corrected chi connectivity index (χ2v) is 6.03. The molecule has 0 atom stereocenters. The first-order valence-electron chi connectivity index (χ1n) is 9.09. The summed E-state index contributed by atoms with van der Waals surface area (Å²) in [6.45, 7) is 10.8. The summed E-state index contributed by atoms with van der Waals surface area (Å²) >= 11 is 0. The molecule has 2 N–H and O–H groups in total. The molecule has 1 saturated heterocycles. The summed E-state index contributed by atoms with van der Waals surface area (Å²) in [7, 11) is 0. The summed E-state index contributed by atoms with van der Waals surface area (Å²) in [6, 6.07) is 0. The van der Waals surface area contributed by atoms with E-state index in [1.54, 1.807) is 4.90 Å². The van der Waals surface area contributed by atoms with Gasteiger partial charge in [0, 0.05) is 45.0 Å². The molecular formula is C17H31IN6O2. The minimum absolute atomic E-state index is 0. The van der Waals surface area contributed by atoms with Crippen molar-refractivity contribution in [3.8, 4) is 0 Å². The number of hydrogen-bond acceptors (Lipinski definition) is 4. The number of H-pyrrole nitrogens is 1. The normalized spacial score (nSPS) is 14.8. The van der Waals surface area contributed by atoms with Crippen LogP contribution >= 0.6 is 24.0 Å². The maximum absolute atomic E-state index is 11.8. The number of halogens is 1. The van der Waals surface area contributed by atoms with Crippen LogP contribution in [0.1, 0.15) is 31.5 Å². The molecule has 1 fully saturated rings. The number of carbonyl (C=O) groups is 1. The van der Waals surface area contributed by atoms with Crippen LogP contribution in [0.15, 0.2) is 11.2 Å². The summed E-state index contributed by atoms with van der Waals surface area (Å²) in [5, 5.41) is 10.4. The standard InChI is InChI=1S/C17H30N6O2.HI/c1-4-18-16(19-8-6-7-15-13-20-21-14(15)3)22-9-11-23(12-10-22)17(24)25-5-2;/h13H,4-12H2,1-3H3,(H,18,19)(H,20,21);1H. The molecule has 26 heavy (non-hydrogen) atoms. The zero-order valence-corrected chi connectivity index (χ0v) is 18.3. The number of rotatable bonds is 6. The van der Waals surface area contributed by atoms with Crippen LogP contribution < -0.4 is 5.32 Å². The van der Waals surface area contributed by atoms with E-state index in [9.17, 15) is 4.79 Å². The molecule has 1 amide bonds. The number of guanidine groups is 1. The molecule has 0 aromatic carbocycles. The van der Waals surface area contributed by atoms with E-state index in [-0.39, 0.29) is 30.1 Å². The average molecular weight is 478 g/mol. The second-order valence-electron chi connectivity index (χ2n) is 6.03. The van der Waals surface area contributed by atoms with Crippen molar-refractivity contribution in [3.63, 3.8) is 0 Å². The Balaban J connectivity index is 0.00000338. The van der Waals surface area contributed by atoms with Crippen LogP contribution in [0.2, 0.25) is 0 Å². The van der Waals surface area contributed by atoms with Crippen molar-refractivity contribution in [2.45, 2.75) is 33.6 Å². The molecule has 0 spiro atoms. The van der Waals surface area contributed by atoms with Gasteiger partial charge in [-0.3, -0.25) is 10.1 Å². The smallest absolute Gasteiger partial charge is 0.409 e. The highest BCUT2D eigenvalue weighted by molar-refractivity contribution is 14.0. The minimum atomic E-state index is -0.223. The summed E-state index contributed by atoms with van der Waals surface area (Å²) in [6.07, 6.45) is 3.62. The Morgan fingerprint density at radius 1 is 1.31 bits per heavy atom. The van der Waals surface area contributed by atoms with Crippen LogP contribution in [0.4, 0.5) is 4.79 Å². The van der Waals surface area contributed by atoms with Gasteiger partial charge in [-0.1, -0.05) is 0 Å². The Morgan fingerprint density at radius 2 is 2.00 bits per heavy atom. The van der Waals surface area contributed by atoms with E-state index in [1.165, 1.54) is 5.56 Å². The van der Waals surface area contributed by atoms with E-state index in [0.717, 1.165) is 50.7 Å². The second kappa shape index (κ2) is 12.0. The highest BCUT2D eigenvalue weighted by atomic mass is 127. The molecule has 0 saturated carbocycles. The molecule has 8 nitrogen and oxygen atoms in total. The van der Waals surface area contributed by atoms with Crippen LogP contribution in [0.3, 0.4) is 0 Å². The molecule has 1 aromatic rings. The minimum Gasteiger partial charge on any atom is -0.450 e. The van der Waals surface area contributed by atoms with Gasteiger partial charge in [-0.25, -0.2) is 4.79 Å². The van der Waals surface area contributed by atoms with Gasteiger partial charge in [0.05, 0.1) is 12.8 Å². The molecule has 0 bridgehead atoms. The molecule has 1 aliphatic heterocycles. The summed E-state index contributed by atoms with van der Waals surface area (Å²) in [5.74, 6) is 0.926. The lowest BCUT2D eigenvalue weighted by Crippen LogP contribution is -2.53. The third-order valence-corrected chi connectivity index (χ3v) is 4.24. The van der Waals surface area contributed by atoms with Crippen LogP contribution in [-0.4, -0.2) is 77.9 Å². The molecule has 2 rings (SSSR count). The van der Waals surface area contributed by atoms with E-state index < -0.39 is 0 Å². The quantitative estimate of drug-likeness (QED) is 0.283. The molecular weight excluding hydrogens is 447 g/mol. The summed E-state index contributed by atoms with van der Waals surface area (Å²) < 4.78 is 5.06. The van der Waals surface area contributed by atoms with Gasteiger partial charge in [0.15, 0.2) is 5.96 Å². The van der Waals surface area contributed by atoms with Crippen molar-refractivity contribution in [1.82, 2.24) is 25.3 Å². The molecule has 9 heteroatoms. The van der Waals surface area contributed by atoms with E-state index in [2.05, 4.69) is 27.3 Å². The first-order chi connectivity index (χ1) is 12.2. The van der Waals surface area contributed by atoms with E-state index in [0.29, 0.717) is 19.7 Å². The highest BCUT2D eigenvalue weighted by Gasteiger charge is 2.23. The number of carbonyl (C=O) groups excluding carboxylic acids is 1. The lowest BCUT2D eigenvalue weighted by Gasteiger charge is -2.35. The fraction of sp³-hybridized carbons (Fsp3) is 0.706. The fourth-order valence-electron chi connectivity index (χ4n) is 2.82. The van der Waals surface area contributed by atoms with Gasteiger partial charge in [-0.15, -0.1) is 24.0 Å². The summed E-state index contributed by atoms with van der Waals surface area (Å²) in [4.78, 5) is 20.5. The molecule has 0 radical (unpaired) electrons. The number of aromatic amines is 1. The van der Waals surface area contributed by atoms with Gasteiger partial charge >= 0.3 is 6.09 Å². The maximum Gasteiger partial charge on any atom is 0.409 e. The van der Waals surface area contributed by atoms with Crippen molar-refractivity contribution in [2.24, 2.45) is 4.99 Å². The number of aromatic nitrogens is 2. The number of amides is 1. The Morgan fingerprint density at radius 3 is 2.58 bits per heavy atom. The number of nitrogens with one attached hydrogen (secondary N) is 2. The summed E-state index contributed by atoms with van der Waals surface area (Å²) in [5.41, 5.74) is 2.38. The van der Waals surface area contributed by atoms with Crippen LogP contribution in [-0.2, 0) is 11.2 Å². The van der Waals surface area contributed by atoms with Crippen molar-refractivity contribution >= 4 is 36.0 Å². The Bertz CT molecular complexity index is 569. The van der Waals surface area contributed by atoms with Gasteiger partial charge in [0.1, 0.15) is 0 Å². The number of nitrogens with zero attached hydrogens (tertiary/aromatic N) is 4. The van der Waals surface area contributed by atoms with Gasteiger partial charge in [-0.2, -0.15) is 5.10 Å². The van der Waals surface area contributed by atoms with Crippen molar-refractivity contribution < 1.29 is 9.53 Å². The Kier molecular flexibility index (Phi) is 10.4. The largest absolute Gasteiger partial charge is 0.450 e. The fourth-order valence-corrected chi connectivity index (χ4v) is 2.82. The van der Waals surface area contributed by atoms with Crippen LogP contribution in [0.25, 0.3) is 0 Å². The topological polar surface area (TPSA) is 85.9 Å². The monoisotopic (exact) mass is 478 g/mol. The SMILES string of the molecule is CCNC(=NCCCc1cn[nH]c1C)N1CCN(C(=O)OCC)CC1.I. The van der Waals surface area contributed by atoms with Crippen LogP contribution in [0, 0.1) is 6.92 Å². The predicted octanol–water partition coefficient (Wildman–Crippen LogP) is 2.01. The van der Waals surface area contributed by atoms with Gasteiger partial charge in [0.25, 0.3) is 0 Å². The first-order valence-corrected chi connectivity index (χ1v) is 9.09. The third-order valence-electron chi connectivity index (χ3n) is 4.24. The number of aliphatic imine (C=N–C) groups is 1. The molecule has 1 aromatic heterocycles.